The molecular formula is C13H19N7O. The Hall–Kier alpha value is -2.22. The lowest BCUT2D eigenvalue weighted by Gasteiger charge is -2.23. The van der Waals surface area contributed by atoms with Crippen molar-refractivity contribution in [1.29, 1.82) is 0 Å². The van der Waals surface area contributed by atoms with Crippen molar-refractivity contribution in [1.82, 2.24) is 29.9 Å². The smallest absolute Gasteiger partial charge is 0.239 e. The molecule has 2 aromatic heterocycles. The van der Waals surface area contributed by atoms with Crippen LogP contribution in [0.15, 0.2) is 12.4 Å². The summed E-state index contributed by atoms with van der Waals surface area (Å²) in [6.07, 6.45) is 3.44. The Morgan fingerprint density at radius 3 is 3.14 bits per heavy atom. The van der Waals surface area contributed by atoms with E-state index < -0.39 is 0 Å². The van der Waals surface area contributed by atoms with Crippen molar-refractivity contribution in [2.75, 3.05) is 11.9 Å². The Labute approximate surface area is 122 Å². The van der Waals surface area contributed by atoms with Crippen LogP contribution in [0.1, 0.15) is 17.9 Å². The number of carbonyl (C=O) groups excluding carboxylic acids is 1. The van der Waals surface area contributed by atoms with Gasteiger partial charge in [-0.1, -0.05) is 0 Å². The van der Waals surface area contributed by atoms with Crippen LogP contribution in [0.5, 0.6) is 0 Å². The quantitative estimate of drug-likeness (QED) is 0.818. The molecule has 2 N–H and O–H groups in total. The average Bonchev–Trinajstić information content (AvgIpc) is 3.02. The van der Waals surface area contributed by atoms with Gasteiger partial charge in [0.15, 0.2) is 0 Å². The first-order chi connectivity index (χ1) is 10.1. The Morgan fingerprint density at radius 1 is 1.52 bits per heavy atom. The van der Waals surface area contributed by atoms with Gasteiger partial charge in [0.1, 0.15) is 18.0 Å². The van der Waals surface area contributed by atoms with Crippen molar-refractivity contribution in [3.63, 3.8) is 0 Å². The molecule has 8 heteroatoms. The van der Waals surface area contributed by atoms with Crippen LogP contribution in [0.2, 0.25) is 0 Å². The molecule has 1 aliphatic heterocycles. The number of aromatic nitrogens is 5. The van der Waals surface area contributed by atoms with Crippen molar-refractivity contribution in [2.24, 2.45) is 7.05 Å². The topological polar surface area (TPSA) is 89.7 Å². The molecule has 1 atom stereocenters. The second kappa shape index (κ2) is 5.65. The molecule has 0 unspecified atom stereocenters. The Kier molecular flexibility index (Phi) is 3.70. The molecule has 0 saturated heterocycles. The summed E-state index contributed by atoms with van der Waals surface area (Å²) < 4.78 is 3.55. The first-order valence-corrected chi connectivity index (χ1v) is 7.02. The number of anilines is 1. The molecule has 0 spiro atoms. The molecule has 8 nitrogen and oxygen atoms in total. The van der Waals surface area contributed by atoms with Crippen molar-refractivity contribution < 1.29 is 4.79 Å². The molecular weight excluding hydrogens is 270 g/mol. The first-order valence-electron chi connectivity index (χ1n) is 7.02. The minimum absolute atomic E-state index is 0.0672. The number of nitrogens with zero attached hydrogens (tertiary/aromatic N) is 5. The zero-order valence-corrected chi connectivity index (χ0v) is 12.2. The van der Waals surface area contributed by atoms with Crippen LogP contribution in [0.3, 0.4) is 0 Å². The molecule has 1 amide bonds. The largest absolute Gasteiger partial charge is 0.310 e. The van der Waals surface area contributed by atoms with Gasteiger partial charge in [-0.15, -0.1) is 0 Å². The second-order valence-corrected chi connectivity index (χ2v) is 5.32. The number of carbonyl (C=O) groups is 1. The molecule has 112 valence electrons. The molecule has 3 heterocycles. The van der Waals surface area contributed by atoms with Gasteiger partial charge in [-0.3, -0.25) is 9.48 Å². The van der Waals surface area contributed by atoms with Gasteiger partial charge in [0.05, 0.1) is 18.8 Å². The van der Waals surface area contributed by atoms with Crippen LogP contribution < -0.4 is 10.6 Å². The van der Waals surface area contributed by atoms with Gasteiger partial charge in [-0.25, -0.2) is 9.67 Å². The number of aryl methyl sites for hydroxylation is 3. The van der Waals surface area contributed by atoms with Gasteiger partial charge in [0.25, 0.3) is 0 Å². The molecule has 1 aliphatic rings. The minimum atomic E-state index is -0.0672. The summed E-state index contributed by atoms with van der Waals surface area (Å²) in [5.74, 6) is 1.66. The van der Waals surface area contributed by atoms with E-state index >= 15 is 0 Å². The van der Waals surface area contributed by atoms with Crippen molar-refractivity contribution in [2.45, 2.75) is 32.4 Å². The van der Waals surface area contributed by atoms with Crippen LogP contribution in [0, 0.1) is 6.92 Å². The highest BCUT2D eigenvalue weighted by Crippen LogP contribution is 2.11. The molecule has 0 aromatic carbocycles. The molecule has 21 heavy (non-hydrogen) atoms. The third-order valence-corrected chi connectivity index (χ3v) is 3.63. The Morgan fingerprint density at radius 2 is 2.38 bits per heavy atom. The highest BCUT2D eigenvalue weighted by Gasteiger charge is 2.20. The number of nitrogens with one attached hydrogen (secondary N) is 2. The normalized spacial score (nSPS) is 17.5. The summed E-state index contributed by atoms with van der Waals surface area (Å²) in [6, 6.07) is 2.10. The lowest BCUT2D eigenvalue weighted by Crippen LogP contribution is -2.41. The van der Waals surface area contributed by atoms with E-state index in [4.69, 9.17) is 0 Å². The maximum Gasteiger partial charge on any atom is 0.239 e. The maximum atomic E-state index is 12.0. The van der Waals surface area contributed by atoms with E-state index in [-0.39, 0.29) is 18.5 Å². The molecule has 0 fully saturated rings. The van der Waals surface area contributed by atoms with Crippen molar-refractivity contribution in [3.8, 4) is 0 Å². The van der Waals surface area contributed by atoms with Crippen molar-refractivity contribution >= 4 is 11.7 Å². The van der Waals surface area contributed by atoms with Crippen LogP contribution in [-0.4, -0.2) is 43.0 Å². The number of hydrogen-bond donors (Lipinski definition) is 2. The fourth-order valence-corrected chi connectivity index (χ4v) is 2.56. The van der Waals surface area contributed by atoms with Gasteiger partial charge in [-0.2, -0.15) is 10.2 Å². The van der Waals surface area contributed by atoms with E-state index in [1.54, 1.807) is 11.0 Å². The van der Waals surface area contributed by atoms with E-state index in [1.165, 1.54) is 0 Å². The highest BCUT2D eigenvalue weighted by molar-refractivity contribution is 5.91. The molecule has 3 rings (SSSR count). The summed E-state index contributed by atoms with van der Waals surface area (Å²) in [5, 5.41) is 14.5. The van der Waals surface area contributed by atoms with Gasteiger partial charge < -0.3 is 10.6 Å². The SMILES string of the molecule is Cc1cc(NC(=O)CN[C@H]2CCc3ncnn3C2)n(C)n1. The summed E-state index contributed by atoms with van der Waals surface area (Å²) in [7, 11) is 1.81. The fourth-order valence-electron chi connectivity index (χ4n) is 2.56. The fraction of sp³-hybridized carbons (Fsp3) is 0.538. The van der Waals surface area contributed by atoms with Gasteiger partial charge >= 0.3 is 0 Å². The van der Waals surface area contributed by atoms with E-state index in [0.29, 0.717) is 5.82 Å². The van der Waals surface area contributed by atoms with Gasteiger partial charge in [-0.05, 0) is 13.3 Å². The lowest BCUT2D eigenvalue weighted by atomic mass is 10.1. The second-order valence-electron chi connectivity index (χ2n) is 5.32. The van der Waals surface area contributed by atoms with Crippen molar-refractivity contribution in [3.05, 3.63) is 23.9 Å². The highest BCUT2D eigenvalue weighted by atomic mass is 16.2. The lowest BCUT2D eigenvalue weighted by molar-refractivity contribution is -0.115. The monoisotopic (exact) mass is 289 g/mol. The number of rotatable bonds is 4. The van der Waals surface area contributed by atoms with E-state index in [9.17, 15) is 4.79 Å². The predicted octanol–water partition coefficient (Wildman–Crippen LogP) is -0.137. The number of fused-ring (bicyclic) bond motifs is 1. The zero-order chi connectivity index (χ0) is 14.8. The standard InChI is InChI=1S/C13H19N7O/c1-9-5-12(19(2)18-9)17-13(21)6-14-10-3-4-11-15-8-16-20(11)7-10/h5,8,10,14H,3-4,6-7H2,1-2H3,(H,17,21)/t10-/m0/s1. The van der Waals surface area contributed by atoms with Crippen LogP contribution in [-0.2, 0) is 24.8 Å². The molecule has 0 bridgehead atoms. The summed E-state index contributed by atoms with van der Waals surface area (Å²) in [6.45, 7) is 2.93. The summed E-state index contributed by atoms with van der Waals surface area (Å²) >= 11 is 0. The van der Waals surface area contributed by atoms with Crippen LogP contribution in [0.4, 0.5) is 5.82 Å². The zero-order valence-electron chi connectivity index (χ0n) is 12.2. The first kappa shape index (κ1) is 13.7. The van der Waals surface area contributed by atoms with Crippen LogP contribution >= 0.6 is 0 Å². The third kappa shape index (κ3) is 3.10. The molecule has 2 aromatic rings. The number of hydrogen-bond acceptors (Lipinski definition) is 5. The molecule has 0 saturated carbocycles. The van der Waals surface area contributed by atoms with E-state index in [1.807, 2.05) is 24.7 Å². The Balaban J connectivity index is 1.49. The summed E-state index contributed by atoms with van der Waals surface area (Å²) in [5.41, 5.74) is 0.881. The van der Waals surface area contributed by atoms with E-state index in [0.717, 1.165) is 30.9 Å². The van der Waals surface area contributed by atoms with Gasteiger partial charge in [0, 0.05) is 25.6 Å². The molecule has 0 radical (unpaired) electrons. The maximum absolute atomic E-state index is 12.0. The van der Waals surface area contributed by atoms with E-state index in [2.05, 4.69) is 25.8 Å². The molecule has 0 aliphatic carbocycles. The predicted molar refractivity (Wildman–Crippen MR) is 76.7 cm³/mol. The van der Waals surface area contributed by atoms with Gasteiger partial charge in [0.2, 0.25) is 5.91 Å². The average molecular weight is 289 g/mol. The van der Waals surface area contributed by atoms with Crippen LogP contribution in [0.25, 0.3) is 0 Å². The summed E-state index contributed by atoms with van der Waals surface area (Å²) in [4.78, 5) is 16.2. The number of amides is 1. The third-order valence-electron chi connectivity index (χ3n) is 3.63. The minimum Gasteiger partial charge on any atom is -0.310 e. The Bertz CT molecular complexity index is 645.